The topological polar surface area (TPSA) is 73.7 Å². The van der Waals surface area contributed by atoms with E-state index < -0.39 is 0 Å². The van der Waals surface area contributed by atoms with Crippen molar-refractivity contribution >= 4 is 86.0 Å². The fourth-order valence-corrected chi connectivity index (χ4v) is 3.96. The molecule has 0 bridgehead atoms. The maximum absolute atomic E-state index is 11.3. The van der Waals surface area contributed by atoms with E-state index in [0.29, 0.717) is 12.0 Å². The number of halogens is 2. The molecule has 0 aliphatic carbocycles. The monoisotopic (exact) mass is 579 g/mol. The Morgan fingerprint density at radius 3 is 2.60 bits per heavy atom. The number of aliphatic imine (C=N–C) groups is 1. The van der Waals surface area contributed by atoms with Gasteiger partial charge in [0.05, 0.1) is 9.26 Å². The van der Waals surface area contributed by atoms with Crippen molar-refractivity contribution in [1.82, 2.24) is 5.32 Å². The number of hydrogen-bond donors (Lipinski definition) is 3. The average molecular weight is 579 g/mol. The molecule has 2 aromatic rings. The van der Waals surface area contributed by atoms with Gasteiger partial charge in [0.2, 0.25) is 5.91 Å². The van der Waals surface area contributed by atoms with Crippen molar-refractivity contribution in [2.45, 2.75) is 13.3 Å². The van der Waals surface area contributed by atoms with Gasteiger partial charge in [0.25, 0.3) is 0 Å². The second-order valence-electron chi connectivity index (χ2n) is 4.99. The molecule has 0 fully saturated rings. The Morgan fingerprint density at radius 2 is 1.96 bits per heavy atom. The van der Waals surface area contributed by atoms with Gasteiger partial charge in [0, 0.05) is 27.5 Å². The fourth-order valence-electron chi connectivity index (χ4n) is 1.84. The highest BCUT2D eigenvalue weighted by Gasteiger charge is 2.05. The van der Waals surface area contributed by atoms with Gasteiger partial charge in [-0.05, 0) is 93.8 Å². The second kappa shape index (κ2) is 9.43. The molecule has 0 radical (unpaired) electrons. The van der Waals surface area contributed by atoms with Gasteiger partial charge >= 0.3 is 0 Å². The molecule has 0 heterocycles. The molecule has 1 amide bonds. The molecule has 0 unspecified atom stereocenters. The summed E-state index contributed by atoms with van der Waals surface area (Å²) in [5.41, 5.74) is 2.16. The van der Waals surface area contributed by atoms with Gasteiger partial charge in [0.15, 0.2) is 5.11 Å². The van der Waals surface area contributed by atoms with Gasteiger partial charge in [-0.15, -0.1) is 0 Å². The van der Waals surface area contributed by atoms with Crippen molar-refractivity contribution in [1.29, 1.82) is 0 Å². The second-order valence-corrected chi connectivity index (χ2v) is 7.80. The predicted molar refractivity (Wildman–Crippen MR) is 122 cm³/mol. The largest absolute Gasteiger partial charge is 0.506 e. The maximum Gasteiger partial charge on any atom is 0.225 e. The quantitative estimate of drug-likeness (QED) is 0.282. The van der Waals surface area contributed by atoms with Crippen LogP contribution in [0.3, 0.4) is 0 Å². The normalized spacial score (nSPS) is 10.7. The zero-order chi connectivity index (χ0) is 18.4. The number of carbonyl (C=O) groups excluding carboxylic acids is 1. The third kappa shape index (κ3) is 6.19. The number of phenolic OH excluding ortho intramolecular Hbond substituents is 1. The molecule has 25 heavy (non-hydrogen) atoms. The molecule has 3 N–H and O–H groups in total. The lowest BCUT2D eigenvalue weighted by Gasteiger charge is -2.08. The lowest BCUT2D eigenvalue weighted by Crippen LogP contribution is -2.33. The van der Waals surface area contributed by atoms with Gasteiger partial charge in [-0.25, -0.2) is 0 Å². The average Bonchev–Trinajstić information content (AvgIpc) is 2.57. The molecule has 0 saturated heterocycles. The van der Waals surface area contributed by atoms with Crippen LogP contribution in [0.25, 0.3) is 0 Å². The lowest BCUT2D eigenvalue weighted by atomic mass is 10.2. The molecule has 0 aliphatic heterocycles. The Hall–Kier alpha value is -1.27. The third-order valence-electron chi connectivity index (χ3n) is 3.11. The minimum absolute atomic E-state index is 0.134. The van der Waals surface area contributed by atoms with Crippen LogP contribution in [0.4, 0.5) is 11.4 Å². The van der Waals surface area contributed by atoms with Crippen molar-refractivity contribution in [3.8, 4) is 5.75 Å². The zero-order valence-electron chi connectivity index (χ0n) is 13.2. The molecule has 5 nitrogen and oxygen atoms in total. The highest BCUT2D eigenvalue weighted by molar-refractivity contribution is 14.1. The van der Waals surface area contributed by atoms with E-state index in [2.05, 4.69) is 60.8 Å². The summed E-state index contributed by atoms with van der Waals surface area (Å²) in [6.45, 7) is 1.76. The third-order valence-corrected chi connectivity index (χ3v) is 4.76. The van der Waals surface area contributed by atoms with Crippen LogP contribution in [0.2, 0.25) is 0 Å². The molecule has 130 valence electrons. The highest BCUT2D eigenvalue weighted by atomic mass is 127. The Balaban J connectivity index is 2.05. The first-order valence-corrected chi connectivity index (χ1v) is 9.88. The summed E-state index contributed by atoms with van der Waals surface area (Å²) >= 11 is 9.35. The number of amides is 1. The van der Waals surface area contributed by atoms with Crippen molar-refractivity contribution in [2.75, 3.05) is 5.32 Å². The van der Waals surface area contributed by atoms with Crippen LogP contribution in [0, 0.1) is 7.14 Å². The van der Waals surface area contributed by atoms with Gasteiger partial charge < -0.3 is 15.7 Å². The van der Waals surface area contributed by atoms with E-state index in [4.69, 9.17) is 12.2 Å². The number of aromatic hydroxyl groups is 1. The zero-order valence-corrected chi connectivity index (χ0v) is 18.3. The van der Waals surface area contributed by atoms with Crippen LogP contribution in [0.1, 0.15) is 18.9 Å². The number of nitrogens with zero attached hydrogens (tertiary/aromatic N) is 1. The molecule has 0 aliphatic rings. The van der Waals surface area contributed by atoms with Crippen LogP contribution >= 0.6 is 57.4 Å². The maximum atomic E-state index is 11.3. The molecule has 0 atom stereocenters. The van der Waals surface area contributed by atoms with Crippen LogP contribution in [-0.4, -0.2) is 22.3 Å². The summed E-state index contributed by atoms with van der Waals surface area (Å²) in [7, 11) is 0. The van der Waals surface area contributed by atoms with Crippen LogP contribution in [-0.2, 0) is 4.79 Å². The number of nitrogens with one attached hydrogen (secondary N) is 2. The smallest absolute Gasteiger partial charge is 0.225 e. The highest BCUT2D eigenvalue weighted by Crippen LogP contribution is 2.26. The van der Waals surface area contributed by atoms with Gasteiger partial charge in [-0.3, -0.25) is 9.79 Å². The number of anilines is 1. The van der Waals surface area contributed by atoms with E-state index in [1.165, 1.54) is 0 Å². The molecular formula is C17H15I2N3O2S. The first-order chi connectivity index (χ1) is 11.9. The molecular weight excluding hydrogens is 564 g/mol. The van der Waals surface area contributed by atoms with E-state index in [0.717, 1.165) is 18.5 Å². The molecule has 0 saturated carbocycles. The van der Waals surface area contributed by atoms with Gasteiger partial charge in [-0.2, -0.15) is 0 Å². The predicted octanol–water partition coefficient (Wildman–Crippen LogP) is 4.58. The van der Waals surface area contributed by atoms with Gasteiger partial charge in [0.1, 0.15) is 5.75 Å². The van der Waals surface area contributed by atoms with Crippen LogP contribution in [0.5, 0.6) is 5.75 Å². The summed E-state index contributed by atoms with van der Waals surface area (Å²) in [5, 5.41) is 15.9. The summed E-state index contributed by atoms with van der Waals surface area (Å²) in [4.78, 5) is 15.7. The summed E-state index contributed by atoms with van der Waals surface area (Å²) < 4.78 is 1.82. The van der Waals surface area contributed by atoms with Crippen molar-refractivity contribution in [2.24, 2.45) is 4.99 Å². The van der Waals surface area contributed by atoms with Crippen molar-refractivity contribution in [3.05, 3.63) is 49.1 Å². The van der Waals surface area contributed by atoms with E-state index in [9.17, 15) is 9.90 Å². The SMILES string of the molecule is CCC(=O)NC(=S)Nc1ccc(N=Cc2cc(I)cc(I)c2O)cc1. The minimum Gasteiger partial charge on any atom is -0.506 e. The lowest BCUT2D eigenvalue weighted by molar-refractivity contribution is -0.119. The molecule has 2 rings (SSSR count). The Morgan fingerprint density at radius 1 is 1.28 bits per heavy atom. The molecule has 2 aromatic carbocycles. The summed E-state index contributed by atoms with van der Waals surface area (Å²) in [5.74, 6) is 0.0886. The number of phenols is 1. The summed E-state index contributed by atoms with van der Waals surface area (Å²) in [6.07, 6.45) is 2.01. The molecule has 8 heteroatoms. The molecule has 0 spiro atoms. The van der Waals surface area contributed by atoms with Crippen LogP contribution in [0.15, 0.2) is 41.4 Å². The molecule has 0 aromatic heterocycles. The Labute approximate surface area is 178 Å². The standard InChI is InChI=1S/C17H15I2N3O2S/c1-2-15(23)22-17(25)21-13-5-3-12(4-6-13)20-9-10-7-11(18)8-14(19)16(10)24/h3-9,24H,2H2,1H3,(H2,21,22,23,25). The first-order valence-electron chi connectivity index (χ1n) is 7.32. The number of rotatable bonds is 4. The fraction of sp³-hybridized carbons (Fsp3) is 0.118. The number of carbonyl (C=O) groups is 1. The first kappa shape index (κ1) is 20.0. The minimum atomic E-state index is -0.134. The van der Waals surface area contributed by atoms with E-state index in [1.54, 1.807) is 13.1 Å². The number of hydrogen-bond acceptors (Lipinski definition) is 4. The summed E-state index contributed by atoms with van der Waals surface area (Å²) in [6, 6.07) is 11.0. The number of thiocarbonyl (C=S) groups is 1. The number of benzene rings is 2. The van der Waals surface area contributed by atoms with Crippen molar-refractivity contribution < 1.29 is 9.90 Å². The van der Waals surface area contributed by atoms with Gasteiger partial charge in [-0.1, -0.05) is 6.92 Å². The van der Waals surface area contributed by atoms with Crippen LogP contribution < -0.4 is 10.6 Å². The van der Waals surface area contributed by atoms with E-state index in [1.807, 2.05) is 36.4 Å². The Bertz CT molecular complexity index is 823. The van der Waals surface area contributed by atoms with Crippen molar-refractivity contribution in [3.63, 3.8) is 0 Å². The van der Waals surface area contributed by atoms with E-state index in [-0.39, 0.29) is 16.8 Å². The van der Waals surface area contributed by atoms with E-state index >= 15 is 0 Å². The Kier molecular flexibility index (Phi) is 7.56.